The minimum atomic E-state index is -4.34. The van der Waals surface area contributed by atoms with Crippen molar-refractivity contribution in [1.29, 1.82) is 0 Å². The Morgan fingerprint density at radius 1 is 1.14 bits per heavy atom. The van der Waals surface area contributed by atoms with Gasteiger partial charge in [-0.15, -0.1) is 0 Å². The summed E-state index contributed by atoms with van der Waals surface area (Å²) >= 11 is 0. The van der Waals surface area contributed by atoms with Crippen LogP contribution in [0.1, 0.15) is 22.8 Å². The Balaban J connectivity index is 0.00000169. The summed E-state index contributed by atoms with van der Waals surface area (Å²) in [7, 11) is 0. The number of carbonyl (C=O) groups is 1. The highest BCUT2D eigenvalue weighted by atomic mass is 19.4. The molecule has 0 spiro atoms. The first-order chi connectivity index (χ1) is 5.91. The van der Waals surface area contributed by atoms with Gasteiger partial charge in [0.05, 0.1) is 5.56 Å². The molecule has 0 amide bonds. The molecule has 0 aliphatic rings. The average Bonchev–Trinajstić information content (AvgIpc) is 2.03. The molecule has 0 saturated carbocycles. The highest BCUT2D eigenvalue weighted by Crippen LogP contribution is 2.28. The first-order valence-corrected chi connectivity index (χ1v) is 3.59. The number of carbonyl (C=O) groups excluding carboxylic acids is 1. The van der Waals surface area contributed by atoms with E-state index in [9.17, 15) is 18.0 Å². The third kappa shape index (κ3) is 2.85. The number of Topliss-reactive ketones (excluding diaryl/α,β-unsaturated/α-hetero) is 1. The topological polar surface area (TPSA) is 48.6 Å². The number of alkyl halides is 3. The number of ketones is 1. The molecule has 1 aromatic rings. The van der Waals surface area contributed by atoms with Gasteiger partial charge in [0.1, 0.15) is 0 Å². The second kappa shape index (κ2) is 4.23. The Morgan fingerprint density at radius 3 is 1.86 bits per heavy atom. The molecule has 78 valence electrons. The van der Waals surface area contributed by atoms with Crippen LogP contribution in [0.5, 0.6) is 0 Å². The zero-order valence-corrected chi connectivity index (χ0v) is 7.35. The Morgan fingerprint density at radius 2 is 1.57 bits per heavy atom. The van der Waals surface area contributed by atoms with Gasteiger partial charge in [0.25, 0.3) is 0 Å². The van der Waals surface area contributed by atoms with Crippen LogP contribution < -0.4 is 0 Å². The minimum absolute atomic E-state index is 0. The monoisotopic (exact) mass is 206 g/mol. The lowest BCUT2D eigenvalue weighted by Crippen LogP contribution is -2.05. The van der Waals surface area contributed by atoms with Crippen molar-refractivity contribution in [1.82, 2.24) is 0 Å². The van der Waals surface area contributed by atoms with E-state index < -0.39 is 11.7 Å². The van der Waals surface area contributed by atoms with Gasteiger partial charge >= 0.3 is 6.18 Å². The standard InChI is InChI=1S/C9H7F3O.H2O/c1-6(13)7-2-4-8(5-3-7)9(10,11)12;/h2-5H,1H3;1H2. The summed E-state index contributed by atoms with van der Waals surface area (Å²) in [5.41, 5.74) is -0.453. The Labute approximate surface area is 78.7 Å². The Hall–Kier alpha value is -1.36. The lowest BCUT2D eigenvalue weighted by Gasteiger charge is -2.05. The largest absolute Gasteiger partial charge is 0.416 e. The molecule has 0 aliphatic heterocycles. The van der Waals surface area contributed by atoms with Crippen LogP contribution in [0.15, 0.2) is 24.3 Å². The van der Waals surface area contributed by atoms with E-state index in [1.165, 1.54) is 19.1 Å². The van der Waals surface area contributed by atoms with Crippen LogP contribution in [0.2, 0.25) is 0 Å². The number of rotatable bonds is 1. The van der Waals surface area contributed by atoms with Crippen LogP contribution in [0, 0.1) is 0 Å². The summed E-state index contributed by atoms with van der Waals surface area (Å²) in [6.45, 7) is 1.31. The van der Waals surface area contributed by atoms with E-state index >= 15 is 0 Å². The van der Waals surface area contributed by atoms with Gasteiger partial charge in [0.15, 0.2) is 5.78 Å². The van der Waals surface area contributed by atoms with Crippen LogP contribution in [0.3, 0.4) is 0 Å². The van der Waals surface area contributed by atoms with E-state index in [0.29, 0.717) is 0 Å². The molecule has 5 heteroatoms. The van der Waals surface area contributed by atoms with Crippen molar-refractivity contribution < 1.29 is 23.4 Å². The second-order valence-corrected chi connectivity index (χ2v) is 2.63. The third-order valence-electron chi connectivity index (χ3n) is 1.62. The Kier molecular flexibility index (Phi) is 3.82. The second-order valence-electron chi connectivity index (χ2n) is 2.63. The number of hydrogen-bond donors (Lipinski definition) is 0. The maximum absolute atomic E-state index is 12.0. The molecule has 0 fully saturated rings. The van der Waals surface area contributed by atoms with Gasteiger partial charge in [-0.05, 0) is 19.1 Å². The van der Waals surface area contributed by atoms with Gasteiger partial charge in [0, 0.05) is 5.56 Å². The summed E-state index contributed by atoms with van der Waals surface area (Å²) in [6.07, 6.45) is -4.34. The Bertz CT molecular complexity index is 314. The van der Waals surface area contributed by atoms with E-state index in [-0.39, 0.29) is 16.8 Å². The van der Waals surface area contributed by atoms with Crippen molar-refractivity contribution in [3.63, 3.8) is 0 Å². The zero-order valence-electron chi connectivity index (χ0n) is 7.35. The van der Waals surface area contributed by atoms with Crippen LogP contribution in [0.4, 0.5) is 13.2 Å². The molecule has 0 saturated heterocycles. The molecule has 0 unspecified atom stereocenters. The predicted molar refractivity (Wildman–Crippen MR) is 45.1 cm³/mol. The molecule has 0 atom stereocenters. The summed E-state index contributed by atoms with van der Waals surface area (Å²) in [6, 6.07) is 4.14. The maximum atomic E-state index is 12.0. The summed E-state index contributed by atoms with van der Waals surface area (Å²) in [5, 5.41) is 0. The first-order valence-electron chi connectivity index (χ1n) is 3.59. The van der Waals surface area contributed by atoms with Crippen molar-refractivity contribution in [2.45, 2.75) is 13.1 Å². The molecule has 0 aliphatic carbocycles. The van der Waals surface area contributed by atoms with Crippen molar-refractivity contribution >= 4 is 5.78 Å². The van der Waals surface area contributed by atoms with E-state index in [1.807, 2.05) is 0 Å². The molecule has 1 rings (SSSR count). The molecule has 0 radical (unpaired) electrons. The average molecular weight is 206 g/mol. The minimum Gasteiger partial charge on any atom is -0.412 e. The van der Waals surface area contributed by atoms with Crippen LogP contribution in [-0.4, -0.2) is 11.3 Å². The molecule has 14 heavy (non-hydrogen) atoms. The van der Waals surface area contributed by atoms with Crippen molar-refractivity contribution in [2.75, 3.05) is 0 Å². The molecule has 2 N–H and O–H groups in total. The molecule has 0 bridgehead atoms. The van der Waals surface area contributed by atoms with Crippen molar-refractivity contribution in [3.05, 3.63) is 35.4 Å². The number of hydrogen-bond acceptors (Lipinski definition) is 1. The van der Waals surface area contributed by atoms with Gasteiger partial charge in [-0.3, -0.25) is 4.79 Å². The quantitative estimate of drug-likeness (QED) is 0.649. The summed E-state index contributed by atoms with van der Waals surface area (Å²) in [5.74, 6) is -0.242. The normalized spacial score (nSPS) is 10.6. The highest BCUT2D eigenvalue weighted by Gasteiger charge is 2.29. The van der Waals surface area contributed by atoms with Gasteiger partial charge in [0.2, 0.25) is 0 Å². The van der Waals surface area contributed by atoms with Crippen molar-refractivity contribution in [3.8, 4) is 0 Å². The van der Waals surface area contributed by atoms with Gasteiger partial charge in [-0.2, -0.15) is 13.2 Å². The maximum Gasteiger partial charge on any atom is 0.416 e. The number of benzene rings is 1. The van der Waals surface area contributed by atoms with Gasteiger partial charge in [-0.25, -0.2) is 0 Å². The lowest BCUT2D eigenvalue weighted by molar-refractivity contribution is -0.137. The van der Waals surface area contributed by atoms with Crippen LogP contribution in [0.25, 0.3) is 0 Å². The first kappa shape index (κ1) is 12.6. The SMILES string of the molecule is CC(=O)c1ccc(C(F)(F)F)cc1.O. The molecular weight excluding hydrogens is 197 g/mol. The molecule has 0 heterocycles. The van der Waals surface area contributed by atoms with E-state index in [0.717, 1.165) is 12.1 Å². The van der Waals surface area contributed by atoms with E-state index in [4.69, 9.17) is 0 Å². The fourth-order valence-corrected chi connectivity index (χ4v) is 0.894. The lowest BCUT2D eigenvalue weighted by atomic mass is 10.1. The van der Waals surface area contributed by atoms with Crippen molar-refractivity contribution in [2.24, 2.45) is 0 Å². The third-order valence-corrected chi connectivity index (χ3v) is 1.62. The molecular formula is C9H9F3O2. The highest BCUT2D eigenvalue weighted by molar-refractivity contribution is 5.94. The van der Waals surface area contributed by atoms with Gasteiger partial charge in [-0.1, -0.05) is 12.1 Å². The molecule has 0 aromatic heterocycles. The summed E-state index contributed by atoms with van der Waals surface area (Å²) in [4.78, 5) is 10.7. The van der Waals surface area contributed by atoms with Crippen LogP contribution >= 0.6 is 0 Å². The molecule has 1 aromatic carbocycles. The van der Waals surface area contributed by atoms with Crippen LogP contribution in [-0.2, 0) is 6.18 Å². The smallest absolute Gasteiger partial charge is 0.412 e. The van der Waals surface area contributed by atoms with E-state index in [2.05, 4.69) is 0 Å². The molecule has 2 nitrogen and oxygen atoms in total. The fourth-order valence-electron chi connectivity index (χ4n) is 0.894. The number of halogens is 3. The predicted octanol–water partition coefficient (Wildman–Crippen LogP) is 2.08. The fraction of sp³-hybridized carbons (Fsp3) is 0.222. The van der Waals surface area contributed by atoms with E-state index in [1.54, 1.807) is 0 Å². The summed E-state index contributed by atoms with van der Waals surface area (Å²) < 4.78 is 36.1. The zero-order chi connectivity index (χ0) is 10.1. The van der Waals surface area contributed by atoms with Gasteiger partial charge < -0.3 is 5.48 Å².